The second-order valence-electron chi connectivity index (χ2n) is 8.78. The van der Waals surface area contributed by atoms with E-state index in [2.05, 4.69) is 0 Å². The van der Waals surface area contributed by atoms with Crippen molar-refractivity contribution in [2.45, 2.75) is 37.8 Å². The van der Waals surface area contributed by atoms with Crippen molar-refractivity contribution in [3.05, 3.63) is 103 Å². The number of hydrogen-bond donors (Lipinski definition) is 0. The Morgan fingerprint density at radius 3 is 2.29 bits per heavy atom. The normalized spacial score (nSPS) is 11.9. The number of carbonyl (C=O) groups excluding carboxylic acids is 1. The van der Waals surface area contributed by atoms with Gasteiger partial charge in [-0.3, -0.25) is 4.79 Å². The summed E-state index contributed by atoms with van der Waals surface area (Å²) in [4.78, 5) is 15.3. The monoisotopic (exact) mass is 490 g/mol. The maximum Gasteiger partial charge on any atom is 0.243 e. The second-order valence-corrected chi connectivity index (χ2v) is 10.7. The maximum absolute atomic E-state index is 13.6. The van der Waals surface area contributed by atoms with Gasteiger partial charge in [-0.2, -0.15) is 4.31 Å². The standard InChI is InChI=1S/C28H30N2O4S/c1-22(2)30(35(32,33)27-15-14-24-11-6-7-12-25(24)19-27)21-28(31)29(20-26-13-8-18-34-26)17-16-23-9-4-3-5-10-23/h3-15,18-19,22H,16-17,20-21H2,1-2H3. The maximum atomic E-state index is 13.6. The topological polar surface area (TPSA) is 70.8 Å². The van der Waals surface area contributed by atoms with Crippen molar-refractivity contribution in [3.63, 3.8) is 0 Å². The molecule has 6 nitrogen and oxygen atoms in total. The molecule has 0 aliphatic rings. The molecule has 0 aliphatic carbocycles. The summed E-state index contributed by atoms with van der Waals surface area (Å²) in [5.41, 5.74) is 1.11. The highest BCUT2D eigenvalue weighted by Gasteiger charge is 2.31. The molecule has 0 unspecified atom stereocenters. The lowest BCUT2D eigenvalue weighted by Crippen LogP contribution is -2.46. The Morgan fingerprint density at radius 2 is 1.60 bits per heavy atom. The number of nitrogens with zero attached hydrogens (tertiary/aromatic N) is 2. The minimum Gasteiger partial charge on any atom is -0.467 e. The Balaban J connectivity index is 1.57. The molecule has 182 valence electrons. The van der Waals surface area contributed by atoms with Crippen molar-refractivity contribution in [1.82, 2.24) is 9.21 Å². The summed E-state index contributed by atoms with van der Waals surface area (Å²) in [6, 6.07) is 25.8. The van der Waals surface area contributed by atoms with Crippen LogP contribution in [0.3, 0.4) is 0 Å². The Bertz CT molecular complexity index is 1370. The molecule has 0 fully saturated rings. The smallest absolute Gasteiger partial charge is 0.243 e. The van der Waals surface area contributed by atoms with E-state index in [0.29, 0.717) is 18.7 Å². The summed E-state index contributed by atoms with van der Waals surface area (Å²) >= 11 is 0. The van der Waals surface area contributed by atoms with Gasteiger partial charge in [-0.15, -0.1) is 0 Å². The zero-order valence-corrected chi connectivity index (χ0v) is 20.8. The highest BCUT2D eigenvalue weighted by molar-refractivity contribution is 7.89. The van der Waals surface area contributed by atoms with Gasteiger partial charge in [-0.25, -0.2) is 8.42 Å². The molecule has 4 rings (SSSR count). The quantitative estimate of drug-likeness (QED) is 0.310. The number of benzene rings is 3. The van der Waals surface area contributed by atoms with E-state index < -0.39 is 16.1 Å². The average molecular weight is 491 g/mol. The van der Waals surface area contributed by atoms with E-state index in [1.807, 2.05) is 60.7 Å². The van der Waals surface area contributed by atoms with Gasteiger partial charge in [-0.05, 0) is 60.9 Å². The minimum atomic E-state index is -3.89. The van der Waals surface area contributed by atoms with Crippen molar-refractivity contribution in [2.24, 2.45) is 0 Å². The summed E-state index contributed by atoms with van der Waals surface area (Å²) in [6.07, 6.45) is 2.23. The van der Waals surface area contributed by atoms with Crippen molar-refractivity contribution >= 4 is 26.7 Å². The number of hydrogen-bond acceptors (Lipinski definition) is 4. The van der Waals surface area contributed by atoms with Crippen LogP contribution in [-0.4, -0.2) is 42.7 Å². The molecule has 3 aromatic carbocycles. The molecule has 1 amide bonds. The summed E-state index contributed by atoms with van der Waals surface area (Å²) in [6.45, 7) is 4.05. The van der Waals surface area contributed by atoms with Gasteiger partial charge in [0.25, 0.3) is 0 Å². The van der Waals surface area contributed by atoms with Crippen molar-refractivity contribution in [2.75, 3.05) is 13.1 Å². The van der Waals surface area contributed by atoms with Gasteiger partial charge in [0, 0.05) is 12.6 Å². The fraction of sp³-hybridized carbons (Fsp3) is 0.250. The van der Waals surface area contributed by atoms with E-state index in [4.69, 9.17) is 4.42 Å². The highest BCUT2D eigenvalue weighted by atomic mass is 32.2. The van der Waals surface area contributed by atoms with E-state index in [0.717, 1.165) is 16.3 Å². The molecule has 0 radical (unpaired) electrons. The predicted molar refractivity (Wildman–Crippen MR) is 137 cm³/mol. The molecule has 4 aromatic rings. The van der Waals surface area contributed by atoms with Crippen LogP contribution in [0.4, 0.5) is 0 Å². The van der Waals surface area contributed by atoms with Gasteiger partial charge in [0.05, 0.1) is 24.2 Å². The zero-order chi connectivity index (χ0) is 24.8. The van der Waals surface area contributed by atoms with Gasteiger partial charge in [0.1, 0.15) is 5.76 Å². The lowest BCUT2D eigenvalue weighted by Gasteiger charge is -2.29. The third kappa shape index (κ3) is 5.99. The molecule has 0 saturated heterocycles. The number of carbonyl (C=O) groups is 1. The summed E-state index contributed by atoms with van der Waals surface area (Å²) < 4.78 is 34.0. The predicted octanol–water partition coefficient (Wildman–Crippen LogP) is 5.10. The number of amides is 1. The highest BCUT2D eigenvalue weighted by Crippen LogP contribution is 2.23. The number of furan rings is 1. The van der Waals surface area contributed by atoms with Crippen LogP contribution in [0.1, 0.15) is 25.2 Å². The van der Waals surface area contributed by atoms with Crippen molar-refractivity contribution < 1.29 is 17.6 Å². The molecule has 0 N–H and O–H groups in total. The first kappa shape index (κ1) is 24.7. The molecule has 0 saturated carbocycles. The van der Waals surface area contributed by atoms with E-state index in [1.54, 1.807) is 49.3 Å². The van der Waals surface area contributed by atoms with Crippen LogP contribution >= 0.6 is 0 Å². The van der Waals surface area contributed by atoms with E-state index in [-0.39, 0.29) is 23.9 Å². The fourth-order valence-corrected chi connectivity index (χ4v) is 5.66. The van der Waals surface area contributed by atoms with Crippen LogP contribution in [0.25, 0.3) is 10.8 Å². The molecule has 7 heteroatoms. The zero-order valence-electron chi connectivity index (χ0n) is 20.0. The number of sulfonamides is 1. The van der Waals surface area contributed by atoms with Crippen LogP contribution in [0.2, 0.25) is 0 Å². The van der Waals surface area contributed by atoms with Crippen LogP contribution in [-0.2, 0) is 27.8 Å². The van der Waals surface area contributed by atoms with Gasteiger partial charge in [0.2, 0.25) is 15.9 Å². The SMILES string of the molecule is CC(C)N(CC(=O)N(CCc1ccccc1)Cc1ccco1)S(=O)(=O)c1ccc2ccccc2c1. The average Bonchev–Trinajstić information content (AvgIpc) is 3.38. The van der Waals surface area contributed by atoms with Crippen molar-refractivity contribution in [3.8, 4) is 0 Å². The molecule has 1 aromatic heterocycles. The van der Waals surface area contributed by atoms with Crippen LogP contribution < -0.4 is 0 Å². The molecule has 0 spiro atoms. The number of fused-ring (bicyclic) bond motifs is 1. The largest absolute Gasteiger partial charge is 0.467 e. The molecule has 0 atom stereocenters. The molecule has 35 heavy (non-hydrogen) atoms. The van der Waals surface area contributed by atoms with Crippen molar-refractivity contribution in [1.29, 1.82) is 0 Å². The van der Waals surface area contributed by atoms with Gasteiger partial charge in [-0.1, -0.05) is 60.7 Å². The van der Waals surface area contributed by atoms with Gasteiger partial charge >= 0.3 is 0 Å². The fourth-order valence-electron chi connectivity index (χ4n) is 4.03. The second kappa shape index (κ2) is 10.9. The van der Waals surface area contributed by atoms with Crippen LogP contribution in [0, 0.1) is 0 Å². The van der Waals surface area contributed by atoms with Gasteiger partial charge < -0.3 is 9.32 Å². The van der Waals surface area contributed by atoms with Crippen LogP contribution in [0.5, 0.6) is 0 Å². The summed E-state index contributed by atoms with van der Waals surface area (Å²) in [5, 5.41) is 1.80. The van der Waals surface area contributed by atoms with Gasteiger partial charge in [0.15, 0.2) is 0 Å². The Kier molecular flexibility index (Phi) is 7.68. The molecule has 1 heterocycles. The van der Waals surface area contributed by atoms with E-state index in [1.165, 1.54) is 4.31 Å². The molecular weight excluding hydrogens is 460 g/mol. The Morgan fingerprint density at radius 1 is 0.886 bits per heavy atom. The minimum absolute atomic E-state index is 0.180. The van der Waals surface area contributed by atoms with E-state index >= 15 is 0 Å². The molecule has 0 bridgehead atoms. The third-order valence-corrected chi connectivity index (χ3v) is 8.01. The first-order valence-corrected chi connectivity index (χ1v) is 13.1. The first-order chi connectivity index (χ1) is 16.8. The summed E-state index contributed by atoms with van der Waals surface area (Å²) in [5.74, 6) is 0.385. The lowest BCUT2D eigenvalue weighted by molar-refractivity contribution is -0.132. The Labute approximate surface area is 206 Å². The Hall–Kier alpha value is -3.42. The number of rotatable bonds is 10. The lowest BCUT2D eigenvalue weighted by atomic mass is 10.1. The third-order valence-electron chi connectivity index (χ3n) is 5.99. The summed E-state index contributed by atoms with van der Waals surface area (Å²) in [7, 11) is -3.89. The van der Waals surface area contributed by atoms with E-state index in [9.17, 15) is 13.2 Å². The molecule has 0 aliphatic heterocycles. The molecular formula is C28H30N2O4S. The van der Waals surface area contributed by atoms with Crippen LogP contribution in [0.15, 0.2) is 101 Å². The first-order valence-electron chi connectivity index (χ1n) is 11.7.